The third kappa shape index (κ3) is 2.26. The van der Waals surface area contributed by atoms with Crippen LogP contribution in [-0.2, 0) is 6.54 Å². The molecule has 0 unspecified atom stereocenters. The van der Waals surface area contributed by atoms with Crippen molar-refractivity contribution < 1.29 is 4.57 Å². The third-order valence-corrected chi connectivity index (χ3v) is 3.84. The van der Waals surface area contributed by atoms with Crippen LogP contribution < -0.4 is 4.57 Å². The van der Waals surface area contributed by atoms with Gasteiger partial charge in [0.05, 0.1) is 0 Å². The number of fused-ring (bicyclic) bond motifs is 1. The van der Waals surface area contributed by atoms with Crippen LogP contribution in [0.3, 0.4) is 0 Å². The quantitative estimate of drug-likeness (QED) is 0.680. The number of nitrogens with zero attached hydrogens (tertiary/aromatic N) is 4. The van der Waals surface area contributed by atoms with Crippen molar-refractivity contribution in [2.24, 2.45) is 0 Å². The Morgan fingerprint density at radius 2 is 1.89 bits per heavy atom. The second kappa shape index (κ2) is 4.74. The van der Waals surface area contributed by atoms with Crippen LogP contribution in [0.2, 0.25) is 0 Å². The first-order chi connectivity index (χ1) is 9.15. The average molecular weight is 318 g/mol. The smallest absolute Gasteiger partial charge is 0.235 e. The number of aromatic nitrogens is 4. The van der Waals surface area contributed by atoms with Gasteiger partial charge in [-0.15, -0.1) is 0 Å². The molecule has 0 amide bonds. The molecule has 19 heavy (non-hydrogen) atoms. The minimum Gasteiger partial charge on any atom is -0.275 e. The molecule has 0 atom stereocenters. The molecule has 0 spiro atoms. The fourth-order valence-corrected chi connectivity index (χ4v) is 2.84. The lowest BCUT2D eigenvalue weighted by atomic mass is 10.3. The molecule has 0 aromatic carbocycles. The molecule has 0 bridgehead atoms. The molecule has 4 nitrogen and oxygen atoms in total. The van der Waals surface area contributed by atoms with Gasteiger partial charge in [0.1, 0.15) is 10.3 Å². The summed E-state index contributed by atoms with van der Waals surface area (Å²) in [4.78, 5) is 9.09. The second-order valence-electron chi connectivity index (χ2n) is 4.57. The molecule has 0 saturated heterocycles. The lowest BCUT2D eigenvalue weighted by Gasteiger charge is -2.01. The summed E-state index contributed by atoms with van der Waals surface area (Å²) >= 11 is 3.63. The van der Waals surface area contributed by atoms with Crippen molar-refractivity contribution in [2.75, 3.05) is 0 Å². The first-order valence-electron chi connectivity index (χ1n) is 6.10. The van der Waals surface area contributed by atoms with Crippen molar-refractivity contribution in [3.63, 3.8) is 0 Å². The molecular weight excluding hydrogens is 304 g/mol. The van der Waals surface area contributed by atoms with Gasteiger partial charge in [0, 0.05) is 23.5 Å². The van der Waals surface area contributed by atoms with Gasteiger partial charge in [0.2, 0.25) is 5.78 Å². The van der Waals surface area contributed by atoms with Crippen LogP contribution in [0.5, 0.6) is 0 Å². The van der Waals surface area contributed by atoms with Gasteiger partial charge in [-0.1, -0.05) is 6.07 Å². The number of hydrogen-bond donors (Lipinski definition) is 0. The van der Waals surface area contributed by atoms with Crippen molar-refractivity contribution in [3.8, 4) is 0 Å². The normalized spacial score (nSPS) is 11.1. The van der Waals surface area contributed by atoms with Crippen LogP contribution in [-0.4, -0.2) is 14.4 Å². The molecule has 0 saturated carbocycles. The highest BCUT2D eigenvalue weighted by Crippen LogP contribution is 2.20. The molecule has 0 N–H and O–H groups in total. The maximum atomic E-state index is 4.61. The number of aryl methyl sites for hydroxylation is 2. The Hall–Kier alpha value is -1.75. The van der Waals surface area contributed by atoms with Gasteiger partial charge in [0.25, 0.3) is 0 Å². The predicted molar refractivity (Wildman–Crippen MR) is 75.9 cm³/mol. The molecule has 3 heterocycles. The second-order valence-corrected chi connectivity index (χ2v) is 5.32. The van der Waals surface area contributed by atoms with Crippen molar-refractivity contribution in [1.29, 1.82) is 0 Å². The van der Waals surface area contributed by atoms with E-state index in [4.69, 9.17) is 0 Å². The lowest BCUT2D eigenvalue weighted by molar-refractivity contribution is -0.688. The summed E-state index contributed by atoms with van der Waals surface area (Å²) in [6.45, 7) is 4.78. The van der Waals surface area contributed by atoms with E-state index in [2.05, 4.69) is 43.5 Å². The van der Waals surface area contributed by atoms with Crippen LogP contribution in [0.1, 0.15) is 17.1 Å². The molecule has 0 aliphatic rings. The van der Waals surface area contributed by atoms with Gasteiger partial charge >= 0.3 is 0 Å². The van der Waals surface area contributed by atoms with Gasteiger partial charge in [-0.25, -0.2) is 9.97 Å². The van der Waals surface area contributed by atoms with E-state index < -0.39 is 0 Å². The summed E-state index contributed by atoms with van der Waals surface area (Å²) < 4.78 is 5.10. The molecule has 0 radical (unpaired) electrons. The Morgan fingerprint density at radius 3 is 2.63 bits per heavy atom. The summed E-state index contributed by atoms with van der Waals surface area (Å²) in [7, 11) is 0. The molecular formula is C14H14BrN4+. The zero-order chi connectivity index (χ0) is 13.4. The summed E-state index contributed by atoms with van der Waals surface area (Å²) in [5.41, 5.74) is 3.10. The molecule has 96 valence electrons. The van der Waals surface area contributed by atoms with Crippen LogP contribution in [0.25, 0.3) is 5.78 Å². The number of hydrogen-bond acceptors (Lipinski definition) is 2. The third-order valence-electron chi connectivity index (χ3n) is 3.03. The predicted octanol–water partition coefficient (Wildman–Crippen LogP) is 2.44. The average Bonchev–Trinajstić information content (AvgIpc) is 2.67. The summed E-state index contributed by atoms with van der Waals surface area (Å²) in [5.74, 6) is 0.746. The molecule has 3 rings (SSSR count). The molecule has 3 aromatic rings. The Labute approximate surface area is 119 Å². The lowest BCUT2D eigenvalue weighted by Crippen LogP contribution is -2.33. The number of halogens is 1. The highest BCUT2D eigenvalue weighted by atomic mass is 79.9. The van der Waals surface area contributed by atoms with Gasteiger partial charge in [-0.2, -0.15) is 4.57 Å². The maximum Gasteiger partial charge on any atom is 0.235 e. The summed E-state index contributed by atoms with van der Waals surface area (Å²) in [6, 6.07) is 8.08. The van der Waals surface area contributed by atoms with Crippen LogP contribution in [0, 0.1) is 13.8 Å². The van der Waals surface area contributed by atoms with Crippen molar-refractivity contribution in [3.05, 3.63) is 58.3 Å². The van der Waals surface area contributed by atoms with E-state index in [1.165, 1.54) is 0 Å². The minimum atomic E-state index is 0.725. The summed E-state index contributed by atoms with van der Waals surface area (Å²) in [5, 5.41) is 0. The van der Waals surface area contributed by atoms with E-state index in [1.807, 2.05) is 41.9 Å². The van der Waals surface area contributed by atoms with E-state index in [9.17, 15) is 0 Å². The Morgan fingerprint density at radius 1 is 1.16 bits per heavy atom. The monoisotopic (exact) mass is 317 g/mol. The van der Waals surface area contributed by atoms with Crippen molar-refractivity contribution >= 4 is 21.7 Å². The number of rotatable bonds is 2. The zero-order valence-electron chi connectivity index (χ0n) is 10.8. The van der Waals surface area contributed by atoms with Crippen LogP contribution in [0.15, 0.2) is 41.3 Å². The molecule has 0 fully saturated rings. The van der Waals surface area contributed by atoms with Gasteiger partial charge in [-0.3, -0.25) is 4.40 Å². The highest BCUT2D eigenvalue weighted by molar-refractivity contribution is 9.10. The van der Waals surface area contributed by atoms with E-state index in [-0.39, 0.29) is 0 Å². The first kappa shape index (κ1) is 12.3. The summed E-state index contributed by atoms with van der Waals surface area (Å²) in [6.07, 6.45) is 4.06. The number of pyridine rings is 1. The van der Waals surface area contributed by atoms with Gasteiger partial charge < -0.3 is 0 Å². The standard InChI is InChI=1S/C14H14BrN4/c1-10-8-11(2)19-13(15)12(17-14(19)16-10)9-18-6-4-3-5-7-18/h3-8H,9H2,1-2H3/q+1. The molecule has 5 heteroatoms. The first-order valence-corrected chi connectivity index (χ1v) is 6.89. The fraction of sp³-hybridized carbons (Fsp3) is 0.214. The van der Waals surface area contributed by atoms with E-state index >= 15 is 0 Å². The number of imidazole rings is 1. The van der Waals surface area contributed by atoms with Crippen molar-refractivity contribution in [2.45, 2.75) is 20.4 Å². The SMILES string of the molecule is Cc1cc(C)n2c(Br)c(C[n+]3ccccc3)nc2n1. The Bertz CT molecular complexity index is 734. The molecule has 0 aliphatic carbocycles. The fourth-order valence-electron chi connectivity index (χ4n) is 2.19. The Kier molecular flexibility index (Phi) is 3.06. The zero-order valence-corrected chi connectivity index (χ0v) is 12.4. The van der Waals surface area contributed by atoms with E-state index in [1.54, 1.807) is 0 Å². The molecule has 0 aliphatic heterocycles. The van der Waals surface area contributed by atoms with Gasteiger partial charge in [-0.05, 0) is 35.8 Å². The van der Waals surface area contributed by atoms with Crippen molar-refractivity contribution in [1.82, 2.24) is 14.4 Å². The molecule has 3 aromatic heterocycles. The van der Waals surface area contributed by atoms with Crippen LogP contribution >= 0.6 is 15.9 Å². The van der Waals surface area contributed by atoms with E-state index in [0.717, 1.165) is 34.0 Å². The topological polar surface area (TPSA) is 34.1 Å². The van der Waals surface area contributed by atoms with Gasteiger partial charge in [0.15, 0.2) is 18.9 Å². The highest BCUT2D eigenvalue weighted by Gasteiger charge is 2.16. The van der Waals surface area contributed by atoms with Crippen LogP contribution in [0.4, 0.5) is 0 Å². The minimum absolute atomic E-state index is 0.725. The maximum absolute atomic E-state index is 4.61. The Balaban J connectivity index is 2.10. The largest absolute Gasteiger partial charge is 0.275 e. The van der Waals surface area contributed by atoms with E-state index in [0.29, 0.717) is 0 Å².